The fourth-order valence-corrected chi connectivity index (χ4v) is 3.93. The standard InChI is InChI=1S/C25H21N5O2S/c26-14-8-15-30(17-21-13-7-16-32-21)22(31)18-33-25-27-23(19-9-3-1-4-10-19)24(28-29-25)20-11-5-2-6-12-20/h1-7,9-13,16H,8,15,17-18H2. The van der Waals surface area contributed by atoms with Crippen LogP contribution in [0.2, 0.25) is 0 Å². The Morgan fingerprint density at radius 2 is 1.64 bits per heavy atom. The third-order valence-corrected chi connectivity index (χ3v) is 5.68. The molecule has 0 radical (unpaired) electrons. The summed E-state index contributed by atoms with van der Waals surface area (Å²) in [5.74, 6) is 0.679. The minimum atomic E-state index is -0.122. The van der Waals surface area contributed by atoms with Crippen molar-refractivity contribution in [2.24, 2.45) is 0 Å². The van der Waals surface area contributed by atoms with Gasteiger partial charge in [-0.2, -0.15) is 5.26 Å². The van der Waals surface area contributed by atoms with Gasteiger partial charge in [0.15, 0.2) is 0 Å². The molecule has 2 heterocycles. The summed E-state index contributed by atoms with van der Waals surface area (Å²) in [6.45, 7) is 0.646. The second-order valence-corrected chi connectivity index (χ2v) is 8.06. The summed E-state index contributed by atoms with van der Waals surface area (Å²) < 4.78 is 5.36. The van der Waals surface area contributed by atoms with Crippen molar-refractivity contribution in [3.63, 3.8) is 0 Å². The summed E-state index contributed by atoms with van der Waals surface area (Å²) in [6.07, 6.45) is 1.81. The highest BCUT2D eigenvalue weighted by molar-refractivity contribution is 7.99. The van der Waals surface area contributed by atoms with E-state index >= 15 is 0 Å². The van der Waals surface area contributed by atoms with Gasteiger partial charge >= 0.3 is 0 Å². The first-order valence-electron chi connectivity index (χ1n) is 10.4. The molecule has 7 nitrogen and oxygen atoms in total. The molecular weight excluding hydrogens is 434 g/mol. The number of aromatic nitrogens is 3. The number of nitriles is 1. The predicted octanol–water partition coefficient (Wildman–Crippen LogP) is 4.83. The quantitative estimate of drug-likeness (QED) is 0.333. The summed E-state index contributed by atoms with van der Waals surface area (Å²) in [6, 6.07) is 25.2. The van der Waals surface area contributed by atoms with Crippen molar-refractivity contribution in [2.45, 2.75) is 18.1 Å². The first kappa shape index (κ1) is 22.2. The maximum absolute atomic E-state index is 12.9. The molecule has 0 saturated heterocycles. The summed E-state index contributed by atoms with van der Waals surface area (Å²) in [7, 11) is 0. The van der Waals surface area contributed by atoms with E-state index in [0.717, 1.165) is 11.1 Å². The number of nitrogens with zero attached hydrogens (tertiary/aromatic N) is 5. The van der Waals surface area contributed by atoms with Crippen molar-refractivity contribution < 1.29 is 9.21 Å². The van der Waals surface area contributed by atoms with Crippen LogP contribution in [0.3, 0.4) is 0 Å². The first-order chi connectivity index (χ1) is 16.2. The number of rotatable bonds is 9. The number of amides is 1. The lowest BCUT2D eigenvalue weighted by Crippen LogP contribution is -2.32. The smallest absolute Gasteiger partial charge is 0.233 e. The minimum absolute atomic E-state index is 0.122. The van der Waals surface area contributed by atoms with Crippen LogP contribution in [0.25, 0.3) is 22.5 Å². The lowest BCUT2D eigenvalue weighted by Gasteiger charge is -2.20. The summed E-state index contributed by atoms with van der Waals surface area (Å²) >= 11 is 1.23. The molecule has 2 aromatic carbocycles. The Morgan fingerprint density at radius 1 is 0.939 bits per heavy atom. The Kier molecular flexibility index (Phi) is 7.46. The SMILES string of the molecule is N#CCCN(Cc1ccco1)C(=O)CSc1nnc(-c2ccccc2)c(-c2ccccc2)n1. The van der Waals surface area contributed by atoms with Gasteiger partial charge in [-0.15, -0.1) is 10.2 Å². The molecule has 2 aromatic heterocycles. The van der Waals surface area contributed by atoms with Gasteiger partial charge in [0.25, 0.3) is 0 Å². The Balaban J connectivity index is 1.54. The molecule has 0 aliphatic rings. The van der Waals surface area contributed by atoms with Crippen molar-refractivity contribution in [3.05, 3.63) is 84.8 Å². The molecule has 1 amide bonds. The third-order valence-electron chi connectivity index (χ3n) is 4.86. The molecule has 33 heavy (non-hydrogen) atoms. The van der Waals surface area contributed by atoms with E-state index in [-0.39, 0.29) is 18.1 Å². The third kappa shape index (κ3) is 5.84. The number of carbonyl (C=O) groups is 1. The zero-order chi connectivity index (χ0) is 22.9. The van der Waals surface area contributed by atoms with Crippen molar-refractivity contribution in [1.82, 2.24) is 20.1 Å². The van der Waals surface area contributed by atoms with E-state index in [2.05, 4.69) is 16.3 Å². The molecule has 4 aromatic rings. The summed E-state index contributed by atoms with van der Waals surface area (Å²) in [4.78, 5) is 19.2. The zero-order valence-electron chi connectivity index (χ0n) is 17.8. The molecule has 0 bridgehead atoms. The molecule has 8 heteroatoms. The van der Waals surface area contributed by atoms with E-state index in [4.69, 9.17) is 14.7 Å². The number of hydrogen-bond acceptors (Lipinski definition) is 7. The van der Waals surface area contributed by atoms with Crippen molar-refractivity contribution in [2.75, 3.05) is 12.3 Å². The van der Waals surface area contributed by atoms with Crippen molar-refractivity contribution in [3.8, 4) is 28.6 Å². The highest BCUT2D eigenvalue weighted by atomic mass is 32.2. The van der Waals surface area contributed by atoms with E-state index in [1.807, 2.05) is 60.7 Å². The molecular formula is C25H21N5O2S. The van der Waals surface area contributed by atoms with Crippen molar-refractivity contribution in [1.29, 1.82) is 5.26 Å². The lowest BCUT2D eigenvalue weighted by molar-refractivity contribution is -0.129. The maximum Gasteiger partial charge on any atom is 0.233 e. The molecule has 0 N–H and O–H groups in total. The van der Waals surface area contributed by atoms with E-state index in [1.165, 1.54) is 11.8 Å². The minimum Gasteiger partial charge on any atom is -0.467 e. The number of hydrogen-bond donors (Lipinski definition) is 0. The zero-order valence-corrected chi connectivity index (χ0v) is 18.6. The van der Waals surface area contributed by atoms with Gasteiger partial charge in [-0.25, -0.2) is 4.98 Å². The van der Waals surface area contributed by atoms with E-state index < -0.39 is 0 Å². The lowest BCUT2D eigenvalue weighted by atomic mass is 10.0. The normalized spacial score (nSPS) is 10.5. The van der Waals surface area contributed by atoms with Gasteiger partial charge in [0.05, 0.1) is 31.1 Å². The van der Waals surface area contributed by atoms with Gasteiger partial charge < -0.3 is 9.32 Å². The first-order valence-corrected chi connectivity index (χ1v) is 11.4. The van der Waals surface area contributed by atoms with Crippen molar-refractivity contribution >= 4 is 17.7 Å². The Hall–Kier alpha value is -3.96. The Morgan fingerprint density at radius 3 is 2.27 bits per heavy atom. The largest absolute Gasteiger partial charge is 0.467 e. The fourth-order valence-electron chi connectivity index (χ4n) is 3.25. The number of furan rings is 1. The van der Waals surface area contributed by atoms with Crippen LogP contribution in [-0.4, -0.2) is 38.3 Å². The number of benzene rings is 2. The van der Waals surface area contributed by atoms with Crippen LogP contribution in [-0.2, 0) is 11.3 Å². The molecule has 0 spiro atoms. The van der Waals surface area contributed by atoms with E-state index in [0.29, 0.717) is 35.4 Å². The molecule has 0 aliphatic heterocycles. The molecule has 164 valence electrons. The average molecular weight is 456 g/mol. The highest BCUT2D eigenvalue weighted by Gasteiger charge is 2.18. The van der Waals surface area contributed by atoms with Crippen LogP contribution in [0.15, 0.2) is 88.6 Å². The van der Waals surface area contributed by atoms with Crippen LogP contribution in [0.4, 0.5) is 0 Å². The Bertz CT molecular complexity index is 1220. The van der Waals surface area contributed by atoms with E-state index in [1.54, 1.807) is 23.3 Å². The second-order valence-electron chi connectivity index (χ2n) is 7.12. The summed E-state index contributed by atoms with van der Waals surface area (Å²) in [5.41, 5.74) is 3.24. The topological polar surface area (TPSA) is 95.9 Å². The molecule has 4 rings (SSSR count). The molecule has 0 fully saturated rings. The summed E-state index contributed by atoms with van der Waals surface area (Å²) in [5, 5.41) is 18.1. The maximum atomic E-state index is 12.9. The van der Waals surface area contributed by atoms with E-state index in [9.17, 15) is 4.79 Å². The molecule has 0 aliphatic carbocycles. The fraction of sp³-hybridized carbons (Fsp3) is 0.160. The predicted molar refractivity (Wildman–Crippen MR) is 126 cm³/mol. The monoisotopic (exact) mass is 455 g/mol. The van der Waals surface area contributed by atoms with Gasteiger partial charge in [0.2, 0.25) is 11.1 Å². The van der Waals surface area contributed by atoms with Crippen LogP contribution >= 0.6 is 11.8 Å². The van der Waals surface area contributed by atoms with Crippen LogP contribution in [0.5, 0.6) is 0 Å². The van der Waals surface area contributed by atoms with Crippen LogP contribution in [0.1, 0.15) is 12.2 Å². The molecule has 0 unspecified atom stereocenters. The highest BCUT2D eigenvalue weighted by Crippen LogP contribution is 2.29. The van der Waals surface area contributed by atoms with Crippen LogP contribution < -0.4 is 0 Å². The number of thioether (sulfide) groups is 1. The number of carbonyl (C=O) groups excluding carboxylic acids is 1. The van der Waals surface area contributed by atoms with Gasteiger partial charge in [-0.05, 0) is 12.1 Å². The van der Waals surface area contributed by atoms with Gasteiger partial charge in [0, 0.05) is 17.7 Å². The molecule has 0 saturated carbocycles. The second kappa shape index (κ2) is 11.1. The van der Waals surface area contributed by atoms with Gasteiger partial charge in [-0.3, -0.25) is 4.79 Å². The van der Waals surface area contributed by atoms with Gasteiger partial charge in [0.1, 0.15) is 17.1 Å². The van der Waals surface area contributed by atoms with Crippen LogP contribution in [0, 0.1) is 11.3 Å². The molecule has 0 atom stereocenters. The Labute approximate surface area is 196 Å². The van der Waals surface area contributed by atoms with Gasteiger partial charge in [-0.1, -0.05) is 72.4 Å². The average Bonchev–Trinajstić information content (AvgIpc) is 3.39.